The molecule has 0 aromatic heterocycles. The van der Waals surface area contributed by atoms with Gasteiger partial charge < -0.3 is 4.74 Å². The van der Waals surface area contributed by atoms with Crippen molar-refractivity contribution < 1.29 is 14.5 Å². The molecule has 3 aromatic carbocycles. The predicted molar refractivity (Wildman–Crippen MR) is 104 cm³/mol. The number of nitro groups is 1. The van der Waals surface area contributed by atoms with Crippen LogP contribution in [0.5, 0.6) is 0 Å². The number of nitrogens with zero attached hydrogens (tertiary/aromatic N) is 2. The Morgan fingerprint density at radius 2 is 1.61 bits per heavy atom. The average molecular weight is 372 g/mol. The minimum absolute atomic E-state index is 0.0554. The van der Waals surface area contributed by atoms with E-state index >= 15 is 0 Å². The third-order valence-electron chi connectivity index (χ3n) is 4.54. The van der Waals surface area contributed by atoms with E-state index in [1.165, 1.54) is 12.1 Å². The van der Waals surface area contributed by atoms with Crippen LogP contribution >= 0.6 is 0 Å². The summed E-state index contributed by atoms with van der Waals surface area (Å²) in [6.07, 6.45) is -0.734. The van der Waals surface area contributed by atoms with Gasteiger partial charge in [-0.3, -0.25) is 14.9 Å². The van der Waals surface area contributed by atoms with Gasteiger partial charge in [-0.1, -0.05) is 60.7 Å². The first-order chi connectivity index (χ1) is 13.6. The molecular weight excluding hydrogens is 356 g/mol. The van der Waals surface area contributed by atoms with E-state index in [0.29, 0.717) is 17.0 Å². The van der Waals surface area contributed by atoms with Gasteiger partial charge in [0, 0.05) is 28.8 Å². The maximum Gasteiger partial charge on any atom is 0.269 e. The van der Waals surface area contributed by atoms with Crippen molar-refractivity contribution in [2.45, 2.75) is 12.1 Å². The highest BCUT2D eigenvalue weighted by Gasteiger charge is 2.38. The molecule has 0 bridgehead atoms. The van der Waals surface area contributed by atoms with Gasteiger partial charge in [-0.2, -0.15) is 0 Å². The van der Waals surface area contributed by atoms with Crippen LogP contribution in [0.15, 0.2) is 89.9 Å². The van der Waals surface area contributed by atoms with E-state index in [2.05, 4.69) is 4.99 Å². The summed E-state index contributed by atoms with van der Waals surface area (Å²) in [6.45, 7) is 0. The van der Waals surface area contributed by atoms with E-state index in [-0.39, 0.29) is 11.5 Å². The normalized spacial score (nSPS) is 18.2. The number of hydrogen-bond donors (Lipinski definition) is 0. The number of non-ortho nitro benzene ring substituents is 1. The van der Waals surface area contributed by atoms with Crippen LogP contribution in [0.4, 0.5) is 5.69 Å². The van der Waals surface area contributed by atoms with Gasteiger partial charge in [0.1, 0.15) is 0 Å². The average Bonchev–Trinajstić information content (AvgIpc) is 3.20. The highest BCUT2D eigenvalue weighted by atomic mass is 16.6. The summed E-state index contributed by atoms with van der Waals surface area (Å²) in [4.78, 5) is 28.3. The van der Waals surface area contributed by atoms with Gasteiger partial charge in [-0.05, 0) is 12.1 Å². The molecular formula is C22H16N2O4. The minimum atomic E-state index is -0.820. The van der Waals surface area contributed by atoms with Gasteiger partial charge in [0.25, 0.3) is 5.69 Å². The summed E-state index contributed by atoms with van der Waals surface area (Å²) < 4.78 is 6.03. The van der Waals surface area contributed by atoms with E-state index in [1.54, 1.807) is 36.4 Å². The lowest BCUT2D eigenvalue weighted by molar-refractivity contribution is -0.385. The summed E-state index contributed by atoms with van der Waals surface area (Å²) in [5.74, 6) is 0.162. The fourth-order valence-corrected chi connectivity index (χ4v) is 3.17. The fraction of sp³-hybridized carbons (Fsp3) is 0.0909. The Labute approximate surface area is 161 Å². The number of Topliss-reactive ketones (excluding diaryl/α,β-unsaturated/α-hetero) is 1. The van der Waals surface area contributed by atoms with Gasteiger partial charge in [-0.25, -0.2) is 4.99 Å². The monoisotopic (exact) mass is 372 g/mol. The molecule has 1 heterocycles. The molecule has 0 saturated heterocycles. The highest BCUT2D eigenvalue weighted by molar-refractivity contribution is 6.05. The lowest BCUT2D eigenvalue weighted by Crippen LogP contribution is -2.24. The van der Waals surface area contributed by atoms with Crippen molar-refractivity contribution in [2.24, 2.45) is 4.99 Å². The second-order valence-electron chi connectivity index (χ2n) is 6.37. The number of benzene rings is 3. The van der Waals surface area contributed by atoms with E-state index in [9.17, 15) is 14.9 Å². The Balaban J connectivity index is 1.75. The fourth-order valence-electron chi connectivity index (χ4n) is 3.17. The predicted octanol–water partition coefficient (Wildman–Crippen LogP) is 4.36. The molecule has 3 aromatic rings. The SMILES string of the molecule is O=C(c1ccccc1)[C@H]1N=C(c2ccccc2)O[C@@H]1c1cccc([N+](=O)[O-])c1. The largest absolute Gasteiger partial charge is 0.466 e. The molecule has 0 unspecified atom stereocenters. The third kappa shape index (κ3) is 3.40. The summed E-state index contributed by atoms with van der Waals surface area (Å²) in [5.41, 5.74) is 1.75. The molecule has 6 nitrogen and oxygen atoms in total. The van der Waals surface area contributed by atoms with Crippen LogP contribution in [0.2, 0.25) is 0 Å². The van der Waals surface area contributed by atoms with Crippen LogP contribution in [-0.2, 0) is 4.74 Å². The topological polar surface area (TPSA) is 81.8 Å². The Morgan fingerprint density at radius 3 is 2.29 bits per heavy atom. The van der Waals surface area contributed by atoms with E-state index in [1.807, 2.05) is 36.4 Å². The molecule has 138 valence electrons. The van der Waals surface area contributed by atoms with Crippen molar-refractivity contribution in [3.8, 4) is 0 Å². The van der Waals surface area contributed by atoms with Crippen LogP contribution in [0, 0.1) is 10.1 Å². The molecule has 0 aliphatic carbocycles. The number of nitro benzene ring substituents is 1. The zero-order valence-electron chi connectivity index (χ0n) is 14.8. The number of carbonyl (C=O) groups excluding carboxylic acids is 1. The van der Waals surface area contributed by atoms with Crippen molar-refractivity contribution in [2.75, 3.05) is 0 Å². The van der Waals surface area contributed by atoms with Gasteiger partial charge in [0.05, 0.1) is 4.92 Å². The van der Waals surface area contributed by atoms with Crippen molar-refractivity contribution in [1.82, 2.24) is 0 Å². The first kappa shape index (κ1) is 17.6. The Hall–Kier alpha value is -3.80. The molecule has 0 amide bonds. The Kier molecular flexibility index (Phi) is 4.68. The molecule has 0 fully saturated rings. The molecule has 0 saturated carbocycles. The minimum Gasteiger partial charge on any atom is -0.466 e. The van der Waals surface area contributed by atoms with Gasteiger partial charge in [0.2, 0.25) is 5.90 Å². The van der Waals surface area contributed by atoms with Crippen LogP contribution in [0.3, 0.4) is 0 Å². The third-order valence-corrected chi connectivity index (χ3v) is 4.54. The number of rotatable bonds is 5. The Morgan fingerprint density at radius 1 is 0.929 bits per heavy atom. The number of ether oxygens (including phenoxy) is 1. The first-order valence-electron chi connectivity index (χ1n) is 8.77. The molecule has 0 radical (unpaired) electrons. The summed E-state index contributed by atoms with van der Waals surface area (Å²) >= 11 is 0. The molecule has 1 aliphatic heterocycles. The zero-order valence-corrected chi connectivity index (χ0v) is 14.8. The van der Waals surface area contributed by atoms with Crippen molar-refractivity contribution >= 4 is 17.4 Å². The molecule has 2 atom stereocenters. The maximum absolute atomic E-state index is 13.1. The Bertz CT molecular complexity index is 1050. The first-order valence-corrected chi connectivity index (χ1v) is 8.77. The quantitative estimate of drug-likeness (QED) is 0.378. The lowest BCUT2D eigenvalue weighted by atomic mass is 9.95. The lowest BCUT2D eigenvalue weighted by Gasteiger charge is -2.17. The summed E-state index contributed by atoms with van der Waals surface area (Å²) in [5, 5.41) is 11.2. The number of ketones is 1. The molecule has 4 rings (SSSR count). The second kappa shape index (κ2) is 7.44. The van der Waals surface area contributed by atoms with Crippen LogP contribution in [0.1, 0.15) is 27.6 Å². The van der Waals surface area contributed by atoms with Crippen molar-refractivity contribution in [3.05, 3.63) is 112 Å². The summed E-state index contributed by atoms with van der Waals surface area (Å²) in [6, 6.07) is 23.5. The van der Waals surface area contributed by atoms with Crippen LogP contribution in [-0.4, -0.2) is 22.6 Å². The molecule has 6 heteroatoms. The van der Waals surface area contributed by atoms with Crippen molar-refractivity contribution in [3.63, 3.8) is 0 Å². The smallest absolute Gasteiger partial charge is 0.269 e. The standard InChI is InChI=1S/C22H16N2O4/c25-20(15-8-3-1-4-9-15)19-21(17-12-7-13-18(14-17)24(26)27)28-22(23-19)16-10-5-2-6-11-16/h1-14,19,21H/t19-,21-/m1/s1. The number of aliphatic imine (C=N–C) groups is 1. The maximum atomic E-state index is 13.1. The van der Waals surface area contributed by atoms with Gasteiger partial charge >= 0.3 is 0 Å². The van der Waals surface area contributed by atoms with Crippen LogP contribution in [0.25, 0.3) is 0 Å². The van der Waals surface area contributed by atoms with Gasteiger partial charge in [0.15, 0.2) is 17.9 Å². The van der Waals surface area contributed by atoms with E-state index in [4.69, 9.17) is 4.74 Å². The molecule has 28 heavy (non-hydrogen) atoms. The zero-order chi connectivity index (χ0) is 19.5. The van der Waals surface area contributed by atoms with Crippen molar-refractivity contribution in [1.29, 1.82) is 0 Å². The van der Waals surface area contributed by atoms with E-state index < -0.39 is 17.1 Å². The number of carbonyl (C=O) groups is 1. The van der Waals surface area contributed by atoms with Crippen LogP contribution < -0.4 is 0 Å². The highest BCUT2D eigenvalue weighted by Crippen LogP contribution is 2.34. The van der Waals surface area contributed by atoms with E-state index in [0.717, 1.165) is 5.56 Å². The summed E-state index contributed by atoms with van der Waals surface area (Å²) in [7, 11) is 0. The number of hydrogen-bond acceptors (Lipinski definition) is 5. The molecule has 0 spiro atoms. The van der Waals surface area contributed by atoms with Gasteiger partial charge in [-0.15, -0.1) is 0 Å². The second-order valence-corrected chi connectivity index (χ2v) is 6.37. The molecule has 1 aliphatic rings. The molecule has 0 N–H and O–H groups in total.